The highest BCUT2D eigenvalue weighted by molar-refractivity contribution is 9.10. The molecule has 1 aliphatic rings. The van der Waals surface area contributed by atoms with Gasteiger partial charge in [-0.3, -0.25) is 4.79 Å². The fraction of sp³-hybridized carbons (Fsp3) is 0.412. The van der Waals surface area contributed by atoms with Crippen molar-refractivity contribution in [2.24, 2.45) is 7.05 Å². The molecule has 0 atom stereocenters. The molecule has 134 valence electrons. The first-order valence-corrected chi connectivity index (χ1v) is 9.47. The Hall–Kier alpha value is -1.08. The second-order valence-corrected chi connectivity index (χ2v) is 7.81. The molecular weight excluding hydrogens is 429 g/mol. The van der Waals surface area contributed by atoms with E-state index in [1.54, 1.807) is 19.3 Å². The molecule has 1 aliphatic heterocycles. The Morgan fingerprint density at radius 3 is 2.76 bits per heavy atom. The number of hydrogen-bond donors (Lipinski definition) is 1. The minimum atomic E-state index is -0.194. The van der Waals surface area contributed by atoms with E-state index in [0.29, 0.717) is 40.0 Å². The zero-order valence-electron chi connectivity index (χ0n) is 13.7. The summed E-state index contributed by atoms with van der Waals surface area (Å²) in [7, 11) is 1.62. The van der Waals surface area contributed by atoms with Crippen molar-refractivity contribution in [3.05, 3.63) is 54.8 Å². The highest BCUT2D eigenvalue weighted by Crippen LogP contribution is 2.40. The normalized spacial score (nSPS) is 16.6. The number of halogens is 3. The van der Waals surface area contributed by atoms with E-state index < -0.39 is 0 Å². The number of anilines is 1. The molecule has 0 bridgehead atoms. The maximum atomic E-state index is 12.0. The van der Waals surface area contributed by atoms with Crippen LogP contribution >= 0.6 is 39.1 Å². The molecule has 0 saturated carbocycles. The van der Waals surface area contributed by atoms with Gasteiger partial charge in [0.2, 0.25) is 0 Å². The van der Waals surface area contributed by atoms with Crippen molar-refractivity contribution < 1.29 is 4.74 Å². The quantitative estimate of drug-likeness (QED) is 0.770. The first-order valence-electron chi connectivity index (χ1n) is 7.92. The van der Waals surface area contributed by atoms with E-state index in [4.69, 9.17) is 27.9 Å². The summed E-state index contributed by atoms with van der Waals surface area (Å²) >= 11 is 15.9. The van der Waals surface area contributed by atoms with Crippen molar-refractivity contribution >= 4 is 44.8 Å². The third kappa shape index (κ3) is 3.87. The van der Waals surface area contributed by atoms with Crippen molar-refractivity contribution in [2.45, 2.75) is 18.3 Å². The van der Waals surface area contributed by atoms with Gasteiger partial charge in [-0.1, -0.05) is 29.3 Å². The molecule has 25 heavy (non-hydrogen) atoms. The fourth-order valence-electron chi connectivity index (χ4n) is 3.12. The average molecular weight is 447 g/mol. The minimum absolute atomic E-state index is 0.185. The topological polar surface area (TPSA) is 56.1 Å². The lowest BCUT2D eigenvalue weighted by atomic mass is 9.74. The van der Waals surface area contributed by atoms with E-state index in [-0.39, 0.29) is 11.0 Å². The maximum absolute atomic E-state index is 12.0. The number of benzene rings is 1. The summed E-state index contributed by atoms with van der Waals surface area (Å²) in [5.74, 6) is 0. The maximum Gasteiger partial charge on any atom is 0.282 e. The van der Waals surface area contributed by atoms with Gasteiger partial charge in [-0.15, -0.1) is 0 Å². The van der Waals surface area contributed by atoms with Crippen LogP contribution in [0.5, 0.6) is 0 Å². The Kier molecular flexibility index (Phi) is 5.73. The van der Waals surface area contributed by atoms with Crippen LogP contribution in [0.2, 0.25) is 10.0 Å². The standard InChI is InChI=1S/C17H18BrCl2N3O2/c1-23-16(24)15(18)14(9-22-23)21-10-17(4-6-25-7-5-17)12-3-2-11(19)8-13(12)20/h2-3,8-9,21H,4-7,10H2,1H3. The number of aromatic nitrogens is 2. The van der Waals surface area contributed by atoms with E-state index >= 15 is 0 Å². The number of hydrogen-bond acceptors (Lipinski definition) is 4. The molecule has 1 aromatic heterocycles. The lowest BCUT2D eigenvalue weighted by Gasteiger charge is -2.38. The molecule has 1 N–H and O–H groups in total. The number of nitrogens with one attached hydrogen (secondary N) is 1. The van der Waals surface area contributed by atoms with Crippen LogP contribution < -0.4 is 10.9 Å². The van der Waals surface area contributed by atoms with Crippen LogP contribution in [0, 0.1) is 0 Å². The number of aryl methyl sites for hydroxylation is 1. The zero-order chi connectivity index (χ0) is 18.0. The molecule has 0 radical (unpaired) electrons. The highest BCUT2D eigenvalue weighted by atomic mass is 79.9. The smallest absolute Gasteiger partial charge is 0.282 e. The molecule has 1 saturated heterocycles. The minimum Gasteiger partial charge on any atom is -0.382 e. The van der Waals surface area contributed by atoms with Crippen LogP contribution in [0.15, 0.2) is 33.7 Å². The van der Waals surface area contributed by atoms with Gasteiger partial charge in [0.15, 0.2) is 0 Å². The summed E-state index contributed by atoms with van der Waals surface area (Å²) in [6, 6.07) is 5.61. The van der Waals surface area contributed by atoms with Gasteiger partial charge in [0.25, 0.3) is 5.56 Å². The Balaban J connectivity index is 1.92. The third-order valence-corrected chi connectivity index (χ3v) is 5.96. The van der Waals surface area contributed by atoms with Crippen molar-refractivity contribution in [2.75, 3.05) is 25.1 Å². The number of rotatable bonds is 4. The molecule has 5 nitrogen and oxygen atoms in total. The van der Waals surface area contributed by atoms with Crippen LogP contribution in [0.3, 0.4) is 0 Å². The molecule has 2 aromatic rings. The summed E-state index contributed by atoms with van der Waals surface area (Å²) in [5.41, 5.74) is 1.33. The van der Waals surface area contributed by atoms with Gasteiger partial charge < -0.3 is 10.1 Å². The molecule has 0 amide bonds. The summed E-state index contributed by atoms with van der Waals surface area (Å²) in [6.45, 7) is 1.94. The lowest BCUT2D eigenvalue weighted by Crippen LogP contribution is -2.40. The van der Waals surface area contributed by atoms with Crippen molar-refractivity contribution in [3.8, 4) is 0 Å². The highest BCUT2D eigenvalue weighted by Gasteiger charge is 2.36. The van der Waals surface area contributed by atoms with Gasteiger partial charge in [0.05, 0.1) is 11.9 Å². The lowest BCUT2D eigenvalue weighted by molar-refractivity contribution is 0.0544. The van der Waals surface area contributed by atoms with Crippen LogP contribution in [-0.2, 0) is 17.2 Å². The first-order chi connectivity index (χ1) is 11.9. The second kappa shape index (κ2) is 7.66. The van der Waals surface area contributed by atoms with Crippen LogP contribution in [0.4, 0.5) is 5.69 Å². The third-order valence-electron chi connectivity index (χ3n) is 4.65. The first kappa shape index (κ1) is 18.7. The monoisotopic (exact) mass is 445 g/mol. The fourth-order valence-corrected chi connectivity index (χ4v) is 4.23. The van der Waals surface area contributed by atoms with Crippen LogP contribution in [-0.4, -0.2) is 29.5 Å². The van der Waals surface area contributed by atoms with Crippen LogP contribution in [0.1, 0.15) is 18.4 Å². The second-order valence-electron chi connectivity index (χ2n) is 6.17. The van der Waals surface area contributed by atoms with E-state index in [1.807, 2.05) is 12.1 Å². The van der Waals surface area contributed by atoms with Crippen LogP contribution in [0.25, 0.3) is 0 Å². The number of ether oxygens (including phenoxy) is 1. The molecule has 8 heteroatoms. The zero-order valence-corrected chi connectivity index (χ0v) is 16.8. The van der Waals surface area contributed by atoms with Gasteiger partial charge in [0, 0.05) is 42.3 Å². The molecule has 0 unspecified atom stereocenters. The molecule has 2 heterocycles. The summed E-state index contributed by atoms with van der Waals surface area (Å²) in [6.07, 6.45) is 3.30. The Bertz CT molecular complexity index is 835. The van der Waals surface area contributed by atoms with Gasteiger partial charge in [-0.2, -0.15) is 5.10 Å². The van der Waals surface area contributed by atoms with Crippen molar-refractivity contribution in [1.82, 2.24) is 9.78 Å². The molecule has 0 spiro atoms. The van der Waals surface area contributed by atoms with Gasteiger partial charge in [-0.05, 0) is 46.5 Å². The average Bonchev–Trinajstić information content (AvgIpc) is 2.60. The van der Waals surface area contributed by atoms with Crippen molar-refractivity contribution in [3.63, 3.8) is 0 Å². The Morgan fingerprint density at radius 2 is 2.08 bits per heavy atom. The SMILES string of the molecule is Cn1ncc(NCC2(c3ccc(Cl)cc3Cl)CCOCC2)c(Br)c1=O. The molecule has 1 fully saturated rings. The predicted molar refractivity (Wildman–Crippen MR) is 104 cm³/mol. The van der Waals surface area contributed by atoms with Gasteiger partial charge in [0.1, 0.15) is 4.47 Å². The summed E-state index contributed by atoms with van der Waals surface area (Å²) in [4.78, 5) is 12.0. The molecule has 1 aromatic carbocycles. The number of nitrogens with zero attached hydrogens (tertiary/aromatic N) is 2. The Morgan fingerprint density at radius 1 is 1.36 bits per heavy atom. The van der Waals surface area contributed by atoms with E-state index in [1.165, 1.54) is 4.68 Å². The van der Waals surface area contributed by atoms with Crippen molar-refractivity contribution in [1.29, 1.82) is 0 Å². The van der Waals surface area contributed by atoms with E-state index in [0.717, 1.165) is 18.4 Å². The Labute approximate surface area is 164 Å². The molecule has 0 aliphatic carbocycles. The van der Waals surface area contributed by atoms with Gasteiger partial charge >= 0.3 is 0 Å². The summed E-state index contributed by atoms with van der Waals surface area (Å²) in [5, 5.41) is 8.70. The molecular formula is C17H18BrCl2N3O2. The summed E-state index contributed by atoms with van der Waals surface area (Å²) < 4.78 is 7.30. The molecule has 3 rings (SSSR count). The van der Waals surface area contributed by atoms with E-state index in [9.17, 15) is 4.79 Å². The van der Waals surface area contributed by atoms with E-state index in [2.05, 4.69) is 26.3 Å². The predicted octanol–water partition coefficient (Wildman–Crippen LogP) is 4.01. The van der Waals surface area contributed by atoms with Gasteiger partial charge in [-0.25, -0.2) is 4.68 Å². The largest absolute Gasteiger partial charge is 0.382 e.